The summed E-state index contributed by atoms with van der Waals surface area (Å²) in [7, 11) is 0. The lowest BCUT2D eigenvalue weighted by Crippen LogP contribution is -2.45. The van der Waals surface area contributed by atoms with Gasteiger partial charge in [-0.3, -0.25) is 4.79 Å². The average molecular weight is 367 g/mol. The van der Waals surface area contributed by atoms with Crippen LogP contribution in [0, 0.1) is 0 Å². The topological polar surface area (TPSA) is 67.8 Å². The van der Waals surface area contributed by atoms with Crippen LogP contribution in [0.1, 0.15) is 17.2 Å². The lowest BCUT2D eigenvalue weighted by Gasteiger charge is -2.26. The van der Waals surface area contributed by atoms with E-state index >= 15 is 0 Å². The molecule has 5 nitrogen and oxygen atoms in total. The van der Waals surface area contributed by atoms with E-state index in [9.17, 15) is 23.1 Å². The second-order valence-corrected chi connectivity index (χ2v) is 5.71. The molecule has 3 rings (SSSR count). The van der Waals surface area contributed by atoms with Crippen LogP contribution in [0.4, 0.5) is 13.2 Å². The third-order valence-electron chi connectivity index (χ3n) is 3.90. The normalized spacial score (nSPS) is 17.5. The van der Waals surface area contributed by atoms with E-state index < -0.39 is 29.9 Å². The van der Waals surface area contributed by atoms with Gasteiger partial charge in [0, 0.05) is 6.54 Å². The van der Waals surface area contributed by atoms with Gasteiger partial charge in [0.05, 0.1) is 11.7 Å². The Balaban J connectivity index is 1.62. The third kappa shape index (κ3) is 3.91. The van der Waals surface area contributed by atoms with Gasteiger partial charge in [0.25, 0.3) is 5.91 Å². The number of nitrogens with one attached hydrogen (secondary N) is 1. The van der Waals surface area contributed by atoms with Crippen molar-refractivity contribution in [2.45, 2.75) is 18.4 Å². The summed E-state index contributed by atoms with van der Waals surface area (Å²) in [6, 6.07) is 11.5. The quantitative estimate of drug-likeness (QED) is 0.872. The first kappa shape index (κ1) is 18.1. The van der Waals surface area contributed by atoms with Crippen LogP contribution in [0.5, 0.6) is 11.5 Å². The molecule has 138 valence electrons. The summed E-state index contributed by atoms with van der Waals surface area (Å²) in [6.45, 7) is -0.411. The van der Waals surface area contributed by atoms with Crippen molar-refractivity contribution in [2.24, 2.45) is 0 Å². The van der Waals surface area contributed by atoms with Crippen LogP contribution in [0.25, 0.3) is 0 Å². The number of rotatable bonds is 4. The molecule has 0 radical (unpaired) electrons. The maximum absolute atomic E-state index is 13.0. The summed E-state index contributed by atoms with van der Waals surface area (Å²) < 4.78 is 49.9. The molecule has 26 heavy (non-hydrogen) atoms. The van der Waals surface area contributed by atoms with Crippen molar-refractivity contribution >= 4 is 5.91 Å². The standard InChI is InChI=1S/C18H16F3NO4/c19-18(20,21)12-6-2-1-5-11(12)13(23)9-22-17(24)16-10-25-14-7-3-4-8-15(14)26-16/h1-8,13,16,23H,9-10H2,(H,22,24)/t13-,16+/m0/s1. The number of hydrogen-bond acceptors (Lipinski definition) is 4. The second kappa shape index (κ2) is 7.25. The summed E-state index contributed by atoms with van der Waals surface area (Å²) in [5.41, 5.74) is -1.24. The van der Waals surface area contributed by atoms with E-state index in [0.29, 0.717) is 11.5 Å². The number of fused-ring (bicyclic) bond motifs is 1. The van der Waals surface area contributed by atoms with E-state index in [1.807, 2.05) is 0 Å². The first-order valence-corrected chi connectivity index (χ1v) is 7.86. The van der Waals surface area contributed by atoms with Gasteiger partial charge >= 0.3 is 6.18 Å². The number of halogens is 3. The number of benzene rings is 2. The molecule has 8 heteroatoms. The van der Waals surface area contributed by atoms with E-state index in [1.165, 1.54) is 18.2 Å². The molecule has 2 aromatic rings. The van der Waals surface area contributed by atoms with Crippen LogP contribution in [-0.2, 0) is 11.0 Å². The zero-order chi connectivity index (χ0) is 18.7. The van der Waals surface area contributed by atoms with Gasteiger partial charge in [-0.1, -0.05) is 30.3 Å². The summed E-state index contributed by atoms with van der Waals surface area (Å²) in [5, 5.41) is 12.5. The minimum Gasteiger partial charge on any atom is -0.485 e. The van der Waals surface area contributed by atoms with E-state index in [2.05, 4.69) is 5.32 Å². The van der Waals surface area contributed by atoms with Crippen LogP contribution in [0.3, 0.4) is 0 Å². The van der Waals surface area contributed by atoms with Gasteiger partial charge in [-0.25, -0.2) is 0 Å². The first-order valence-electron chi connectivity index (χ1n) is 7.86. The van der Waals surface area contributed by atoms with Crippen molar-refractivity contribution in [3.8, 4) is 11.5 Å². The Hall–Kier alpha value is -2.74. The number of carbonyl (C=O) groups is 1. The van der Waals surface area contributed by atoms with Gasteiger partial charge in [0.1, 0.15) is 6.61 Å². The molecule has 0 saturated carbocycles. The molecule has 2 aromatic carbocycles. The summed E-state index contributed by atoms with van der Waals surface area (Å²) in [5.74, 6) is 0.334. The maximum atomic E-state index is 13.0. The van der Waals surface area contributed by atoms with Crippen molar-refractivity contribution in [2.75, 3.05) is 13.2 Å². The SMILES string of the molecule is O=C(NC[C@H](O)c1ccccc1C(F)(F)F)[C@H]1COc2ccccc2O1. The number of carbonyl (C=O) groups excluding carboxylic acids is 1. The van der Waals surface area contributed by atoms with Crippen LogP contribution < -0.4 is 14.8 Å². The predicted octanol–water partition coefficient (Wildman–Crippen LogP) is 2.70. The summed E-state index contributed by atoms with van der Waals surface area (Å²) in [6.07, 6.45) is -7.05. The number of aliphatic hydroxyl groups is 1. The highest BCUT2D eigenvalue weighted by molar-refractivity contribution is 5.81. The number of ether oxygens (including phenoxy) is 2. The Labute approximate surface area is 147 Å². The smallest absolute Gasteiger partial charge is 0.416 e. The zero-order valence-corrected chi connectivity index (χ0v) is 13.5. The van der Waals surface area contributed by atoms with Crippen molar-refractivity contribution in [1.29, 1.82) is 0 Å². The van der Waals surface area contributed by atoms with Gasteiger partial charge in [0.2, 0.25) is 6.10 Å². The van der Waals surface area contributed by atoms with Crippen LogP contribution in [-0.4, -0.2) is 30.3 Å². The monoisotopic (exact) mass is 367 g/mol. The van der Waals surface area contributed by atoms with Crippen molar-refractivity contribution in [3.63, 3.8) is 0 Å². The van der Waals surface area contributed by atoms with Crippen LogP contribution >= 0.6 is 0 Å². The van der Waals surface area contributed by atoms with Gasteiger partial charge in [-0.15, -0.1) is 0 Å². The summed E-state index contributed by atoms with van der Waals surface area (Å²) >= 11 is 0. The number of aliphatic hydroxyl groups excluding tert-OH is 1. The molecule has 0 aliphatic carbocycles. The lowest BCUT2D eigenvalue weighted by atomic mass is 10.0. The van der Waals surface area contributed by atoms with E-state index in [0.717, 1.165) is 6.07 Å². The predicted molar refractivity (Wildman–Crippen MR) is 85.8 cm³/mol. The zero-order valence-electron chi connectivity index (χ0n) is 13.5. The number of para-hydroxylation sites is 2. The molecule has 1 heterocycles. The fourth-order valence-electron chi connectivity index (χ4n) is 2.62. The highest BCUT2D eigenvalue weighted by Gasteiger charge is 2.35. The van der Waals surface area contributed by atoms with Gasteiger partial charge in [-0.2, -0.15) is 13.2 Å². The molecule has 0 unspecified atom stereocenters. The highest BCUT2D eigenvalue weighted by atomic mass is 19.4. The molecule has 0 aromatic heterocycles. The number of hydrogen-bond donors (Lipinski definition) is 2. The Morgan fingerprint density at radius 2 is 1.81 bits per heavy atom. The fourth-order valence-corrected chi connectivity index (χ4v) is 2.62. The molecule has 0 bridgehead atoms. The van der Waals surface area contributed by atoms with E-state index in [1.54, 1.807) is 24.3 Å². The molecule has 0 spiro atoms. The molecule has 1 aliphatic heterocycles. The van der Waals surface area contributed by atoms with Gasteiger partial charge in [0.15, 0.2) is 11.5 Å². The highest BCUT2D eigenvalue weighted by Crippen LogP contribution is 2.34. The first-order chi connectivity index (χ1) is 12.4. The van der Waals surface area contributed by atoms with Gasteiger partial charge in [-0.05, 0) is 23.8 Å². The lowest BCUT2D eigenvalue weighted by molar-refractivity contribution is -0.139. The molecular formula is C18H16F3NO4. The Morgan fingerprint density at radius 3 is 2.54 bits per heavy atom. The minimum absolute atomic E-state index is 0.0297. The Kier molecular flexibility index (Phi) is 5.03. The van der Waals surface area contributed by atoms with Crippen molar-refractivity contribution in [1.82, 2.24) is 5.32 Å². The molecule has 1 amide bonds. The van der Waals surface area contributed by atoms with E-state index in [4.69, 9.17) is 9.47 Å². The number of alkyl halides is 3. The van der Waals surface area contributed by atoms with Gasteiger partial charge < -0.3 is 19.9 Å². The molecule has 0 fully saturated rings. The van der Waals surface area contributed by atoms with Crippen LogP contribution in [0.15, 0.2) is 48.5 Å². The second-order valence-electron chi connectivity index (χ2n) is 5.71. The Morgan fingerprint density at radius 1 is 1.15 bits per heavy atom. The minimum atomic E-state index is -4.59. The van der Waals surface area contributed by atoms with E-state index in [-0.39, 0.29) is 18.7 Å². The maximum Gasteiger partial charge on any atom is 0.416 e. The summed E-state index contributed by atoms with van der Waals surface area (Å²) in [4.78, 5) is 12.2. The molecule has 2 atom stereocenters. The fraction of sp³-hybridized carbons (Fsp3) is 0.278. The molecule has 0 saturated heterocycles. The Bertz CT molecular complexity index is 794. The number of amides is 1. The molecule has 2 N–H and O–H groups in total. The van der Waals surface area contributed by atoms with Crippen LogP contribution in [0.2, 0.25) is 0 Å². The largest absolute Gasteiger partial charge is 0.485 e. The van der Waals surface area contributed by atoms with Crippen molar-refractivity contribution in [3.05, 3.63) is 59.7 Å². The van der Waals surface area contributed by atoms with Crippen molar-refractivity contribution < 1.29 is 32.5 Å². The average Bonchev–Trinajstić information content (AvgIpc) is 2.64. The third-order valence-corrected chi connectivity index (χ3v) is 3.90. The molecular weight excluding hydrogens is 351 g/mol. The molecule has 1 aliphatic rings.